The second kappa shape index (κ2) is 9.53. The lowest BCUT2D eigenvalue weighted by atomic mass is 9.99. The lowest BCUT2D eigenvalue weighted by Gasteiger charge is -2.36. The van der Waals surface area contributed by atoms with Crippen molar-refractivity contribution in [1.82, 2.24) is 4.90 Å². The maximum atomic E-state index is 12.9. The Kier molecular flexibility index (Phi) is 6.06. The number of fused-ring (bicyclic) bond motifs is 2. The van der Waals surface area contributed by atoms with Gasteiger partial charge in [0.25, 0.3) is 0 Å². The van der Waals surface area contributed by atoms with Gasteiger partial charge in [-0.25, -0.2) is 9.59 Å². The number of hydrogen-bond acceptors (Lipinski definition) is 7. The normalized spacial score (nSPS) is 14.5. The van der Waals surface area contributed by atoms with E-state index in [1.807, 2.05) is 24.3 Å². The highest BCUT2D eigenvalue weighted by atomic mass is 79.9. The van der Waals surface area contributed by atoms with Crippen molar-refractivity contribution in [3.05, 3.63) is 104 Å². The van der Waals surface area contributed by atoms with Gasteiger partial charge in [0.15, 0.2) is 0 Å². The molecule has 3 aromatic carbocycles. The van der Waals surface area contributed by atoms with Gasteiger partial charge in [0.1, 0.15) is 16.9 Å². The lowest BCUT2D eigenvalue weighted by molar-refractivity contribution is 0.246. The van der Waals surface area contributed by atoms with Gasteiger partial charge in [0.2, 0.25) is 0 Å². The molecule has 0 aliphatic carbocycles. The fourth-order valence-electron chi connectivity index (χ4n) is 4.96. The van der Waals surface area contributed by atoms with Crippen LogP contribution in [0.1, 0.15) is 5.56 Å². The van der Waals surface area contributed by atoms with Gasteiger partial charge in [0.05, 0.1) is 11.1 Å². The smallest absolute Gasteiger partial charge is 0.344 e. The zero-order valence-electron chi connectivity index (χ0n) is 19.8. The summed E-state index contributed by atoms with van der Waals surface area (Å²) >= 11 is 3.44. The van der Waals surface area contributed by atoms with Gasteiger partial charge in [-0.05, 0) is 48.5 Å². The van der Waals surface area contributed by atoms with Crippen LogP contribution in [-0.2, 0) is 6.54 Å². The molecule has 186 valence electrons. The number of nitrogens with zero attached hydrogens (tertiary/aromatic N) is 2. The van der Waals surface area contributed by atoms with Crippen molar-refractivity contribution < 1.29 is 13.9 Å². The van der Waals surface area contributed by atoms with Gasteiger partial charge in [0, 0.05) is 65.3 Å². The van der Waals surface area contributed by atoms with Crippen LogP contribution in [0.25, 0.3) is 33.1 Å². The molecule has 0 amide bonds. The van der Waals surface area contributed by atoms with Crippen LogP contribution >= 0.6 is 15.9 Å². The Morgan fingerprint density at radius 3 is 2.41 bits per heavy atom. The molecule has 37 heavy (non-hydrogen) atoms. The summed E-state index contributed by atoms with van der Waals surface area (Å²) in [5.74, 6) is 0.0489. The summed E-state index contributed by atoms with van der Waals surface area (Å²) in [7, 11) is 0. The topological polar surface area (TPSA) is 87.1 Å². The zero-order valence-corrected chi connectivity index (χ0v) is 21.4. The third-order valence-electron chi connectivity index (χ3n) is 6.85. The molecular formula is C29H23BrN2O5. The molecular weight excluding hydrogens is 536 g/mol. The maximum Gasteiger partial charge on any atom is 0.344 e. The number of halogens is 1. The molecule has 1 saturated heterocycles. The van der Waals surface area contributed by atoms with E-state index < -0.39 is 11.3 Å². The van der Waals surface area contributed by atoms with E-state index in [2.05, 4.69) is 37.9 Å². The van der Waals surface area contributed by atoms with Crippen molar-refractivity contribution >= 4 is 43.6 Å². The number of piperazine rings is 1. The number of benzene rings is 3. The Morgan fingerprint density at radius 2 is 1.62 bits per heavy atom. The van der Waals surface area contributed by atoms with E-state index in [4.69, 9.17) is 8.83 Å². The third kappa shape index (κ3) is 4.54. The van der Waals surface area contributed by atoms with Gasteiger partial charge < -0.3 is 18.8 Å². The summed E-state index contributed by atoms with van der Waals surface area (Å²) in [5.41, 5.74) is 1.97. The van der Waals surface area contributed by atoms with Crippen LogP contribution in [0.3, 0.4) is 0 Å². The first-order valence-electron chi connectivity index (χ1n) is 12.0. The van der Waals surface area contributed by atoms with Gasteiger partial charge >= 0.3 is 11.3 Å². The first-order chi connectivity index (χ1) is 18.0. The Labute approximate surface area is 220 Å². The number of rotatable bonds is 4. The molecule has 2 aromatic heterocycles. The van der Waals surface area contributed by atoms with Crippen molar-refractivity contribution in [2.75, 3.05) is 31.1 Å². The van der Waals surface area contributed by atoms with Crippen molar-refractivity contribution in [2.24, 2.45) is 0 Å². The number of phenolic OH excluding ortho intramolecular Hbond substituents is 1. The zero-order chi connectivity index (χ0) is 25.5. The monoisotopic (exact) mass is 558 g/mol. The van der Waals surface area contributed by atoms with Gasteiger partial charge in [-0.1, -0.05) is 34.1 Å². The molecule has 1 aliphatic heterocycles. The summed E-state index contributed by atoms with van der Waals surface area (Å²) in [6.45, 7) is 3.68. The van der Waals surface area contributed by atoms with Crippen molar-refractivity contribution in [1.29, 1.82) is 0 Å². The molecule has 0 unspecified atom stereocenters. The molecule has 1 fully saturated rings. The van der Waals surface area contributed by atoms with Crippen molar-refractivity contribution in [3.8, 4) is 16.9 Å². The molecule has 3 heterocycles. The molecule has 5 aromatic rings. The molecule has 0 radical (unpaired) electrons. The number of para-hydroxylation sites is 1. The van der Waals surface area contributed by atoms with Gasteiger partial charge in [-0.3, -0.25) is 4.90 Å². The van der Waals surface area contributed by atoms with Crippen LogP contribution in [0.15, 0.2) is 95.7 Å². The molecule has 0 atom stereocenters. The minimum atomic E-state index is -0.600. The van der Waals surface area contributed by atoms with E-state index in [9.17, 15) is 14.7 Å². The lowest BCUT2D eigenvalue weighted by Crippen LogP contribution is -2.46. The van der Waals surface area contributed by atoms with E-state index in [1.165, 1.54) is 11.8 Å². The van der Waals surface area contributed by atoms with Gasteiger partial charge in [-0.2, -0.15) is 0 Å². The largest absolute Gasteiger partial charge is 0.507 e. The number of aromatic hydroxyl groups is 1. The third-order valence-corrected chi connectivity index (χ3v) is 7.34. The Bertz CT molecular complexity index is 1740. The molecule has 0 saturated carbocycles. The second-order valence-electron chi connectivity index (χ2n) is 9.15. The summed E-state index contributed by atoms with van der Waals surface area (Å²) in [5, 5.41) is 12.1. The predicted octanol–water partition coefficient (Wildman–Crippen LogP) is 5.36. The Morgan fingerprint density at radius 1 is 0.838 bits per heavy atom. The highest BCUT2D eigenvalue weighted by molar-refractivity contribution is 9.10. The highest BCUT2D eigenvalue weighted by Gasteiger charge is 2.22. The summed E-state index contributed by atoms with van der Waals surface area (Å²) in [6.07, 6.45) is 0. The van der Waals surface area contributed by atoms with Gasteiger partial charge in [-0.15, -0.1) is 0 Å². The van der Waals surface area contributed by atoms with Crippen LogP contribution in [0.5, 0.6) is 5.75 Å². The maximum absolute atomic E-state index is 12.9. The average molecular weight is 559 g/mol. The molecule has 6 rings (SSSR count). The van der Waals surface area contributed by atoms with E-state index in [-0.39, 0.29) is 16.9 Å². The molecule has 0 spiro atoms. The van der Waals surface area contributed by atoms with Crippen LogP contribution < -0.4 is 16.2 Å². The van der Waals surface area contributed by atoms with Crippen LogP contribution in [0.4, 0.5) is 5.69 Å². The fraction of sp³-hybridized carbons (Fsp3) is 0.172. The number of anilines is 1. The summed E-state index contributed by atoms with van der Waals surface area (Å²) in [4.78, 5) is 30.1. The summed E-state index contributed by atoms with van der Waals surface area (Å²) in [6, 6.07) is 21.9. The fourth-order valence-corrected chi connectivity index (χ4v) is 5.33. The second-order valence-corrected chi connectivity index (χ2v) is 10.1. The van der Waals surface area contributed by atoms with Crippen molar-refractivity contribution in [3.63, 3.8) is 0 Å². The molecule has 1 N–H and O–H groups in total. The minimum Gasteiger partial charge on any atom is -0.507 e. The van der Waals surface area contributed by atoms with Crippen LogP contribution in [0.2, 0.25) is 0 Å². The number of phenols is 1. The van der Waals surface area contributed by atoms with E-state index in [0.29, 0.717) is 28.6 Å². The Hall–Kier alpha value is -3.88. The van der Waals surface area contributed by atoms with Crippen LogP contribution in [0, 0.1) is 0 Å². The molecule has 1 aliphatic rings. The number of hydrogen-bond donors (Lipinski definition) is 1. The summed E-state index contributed by atoms with van der Waals surface area (Å²) < 4.78 is 12.0. The van der Waals surface area contributed by atoms with E-state index in [1.54, 1.807) is 30.3 Å². The minimum absolute atomic E-state index is 0.0489. The predicted molar refractivity (Wildman–Crippen MR) is 147 cm³/mol. The van der Waals surface area contributed by atoms with E-state index >= 15 is 0 Å². The van der Waals surface area contributed by atoms with Crippen LogP contribution in [-0.4, -0.2) is 36.2 Å². The Balaban J connectivity index is 1.38. The molecule has 8 heteroatoms. The average Bonchev–Trinajstić information content (AvgIpc) is 2.91. The highest BCUT2D eigenvalue weighted by Crippen LogP contribution is 2.34. The first-order valence-corrected chi connectivity index (χ1v) is 12.8. The van der Waals surface area contributed by atoms with Crippen molar-refractivity contribution in [2.45, 2.75) is 6.54 Å². The first kappa shape index (κ1) is 23.5. The molecule has 0 bridgehead atoms. The SMILES string of the molecule is O=c1cc(-c2cc3cc(Br)ccc3oc2=O)c2ccc(O)c(CN3CCN(c4ccccc4)CC3)c2o1. The quantitative estimate of drug-likeness (QED) is 0.297. The van der Waals surface area contributed by atoms with E-state index in [0.717, 1.165) is 36.0 Å². The molecule has 7 nitrogen and oxygen atoms in total. The standard InChI is InChI=1S/C29H23BrN2O5/c30-19-6-9-26-18(14-19)15-23(29(35)36-26)22-16-27(34)37-28-21(22)7-8-25(33)24(28)17-31-10-12-32(13-11-31)20-4-2-1-3-5-20/h1-9,14-16,33H,10-13,17H2.